The molecule has 6 heteroatoms. The van der Waals surface area contributed by atoms with Gasteiger partial charge in [0.1, 0.15) is 29.4 Å². The van der Waals surface area contributed by atoms with Gasteiger partial charge in [-0.2, -0.15) is 0 Å². The largest absolute Gasteiger partial charge is 0.497 e. The minimum atomic E-state index is -0.484. The second-order valence-corrected chi connectivity index (χ2v) is 4.86. The molecule has 0 saturated carbocycles. The lowest BCUT2D eigenvalue weighted by molar-refractivity contribution is -0.144. The second-order valence-electron chi connectivity index (χ2n) is 4.86. The summed E-state index contributed by atoms with van der Waals surface area (Å²) in [5.74, 6) is 0.679. The molecule has 2 rings (SSSR count). The van der Waals surface area contributed by atoms with Gasteiger partial charge in [-0.05, 0) is 30.7 Å². The van der Waals surface area contributed by atoms with Gasteiger partial charge >= 0.3 is 11.9 Å². The van der Waals surface area contributed by atoms with Crippen molar-refractivity contribution in [2.45, 2.75) is 20.0 Å². The van der Waals surface area contributed by atoms with Crippen LogP contribution in [0.3, 0.4) is 0 Å². The molecule has 0 spiro atoms. The molecule has 0 N–H and O–H groups in total. The second kappa shape index (κ2) is 7.49. The lowest BCUT2D eigenvalue weighted by atomic mass is 10.1. The van der Waals surface area contributed by atoms with Gasteiger partial charge in [-0.3, -0.25) is 4.79 Å². The normalized spacial score (nSPS) is 10.2. The Hall–Kier alpha value is -2.76. The summed E-state index contributed by atoms with van der Waals surface area (Å²) in [4.78, 5) is 23.3. The smallest absolute Gasteiger partial charge is 0.341 e. The van der Waals surface area contributed by atoms with E-state index in [0.717, 1.165) is 11.3 Å². The van der Waals surface area contributed by atoms with Crippen molar-refractivity contribution >= 4 is 11.9 Å². The first-order chi connectivity index (χ1) is 11.0. The SMILES string of the molecule is COC(=O)c1cc(COC(=O)Cc2ccc(OC)cc2)oc1C. The lowest BCUT2D eigenvalue weighted by Crippen LogP contribution is -2.07. The summed E-state index contributed by atoms with van der Waals surface area (Å²) in [7, 11) is 2.88. The lowest BCUT2D eigenvalue weighted by Gasteiger charge is -2.04. The molecule has 0 aliphatic carbocycles. The molecule has 0 unspecified atom stereocenters. The van der Waals surface area contributed by atoms with Crippen molar-refractivity contribution < 1.29 is 28.2 Å². The number of ether oxygens (including phenoxy) is 3. The molecule has 0 fully saturated rings. The van der Waals surface area contributed by atoms with Crippen molar-refractivity contribution in [1.82, 2.24) is 0 Å². The summed E-state index contributed by atoms with van der Waals surface area (Å²) < 4.78 is 20.2. The molecule has 2 aromatic rings. The van der Waals surface area contributed by atoms with Gasteiger partial charge in [0.15, 0.2) is 0 Å². The third kappa shape index (κ3) is 4.35. The first kappa shape index (κ1) is 16.6. The maximum absolute atomic E-state index is 11.8. The van der Waals surface area contributed by atoms with Crippen LogP contribution in [0.25, 0.3) is 0 Å². The zero-order chi connectivity index (χ0) is 16.8. The van der Waals surface area contributed by atoms with Crippen LogP contribution in [0, 0.1) is 6.92 Å². The zero-order valence-electron chi connectivity index (χ0n) is 13.3. The number of hydrogen-bond acceptors (Lipinski definition) is 6. The van der Waals surface area contributed by atoms with E-state index in [0.29, 0.717) is 17.1 Å². The van der Waals surface area contributed by atoms with E-state index in [9.17, 15) is 9.59 Å². The molecule has 0 atom stereocenters. The number of esters is 2. The van der Waals surface area contributed by atoms with E-state index in [1.54, 1.807) is 38.3 Å². The number of furan rings is 1. The van der Waals surface area contributed by atoms with E-state index in [1.807, 2.05) is 0 Å². The number of benzene rings is 1. The molecule has 6 nitrogen and oxygen atoms in total. The molecule has 0 amide bonds. The summed E-state index contributed by atoms with van der Waals surface area (Å²) >= 11 is 0. The molecule has 0 saturated heterocycles. The molecular formula is C17H18O6. The minimum absolute atomic E-state index is 0.0349. The number of carbonyl (C=O) groups excluding carboxylic acids is 2. The number of methoxy groups -OCH3 is 2. The molecule has 23 heavy (non-hydrogen) atoms. The molecule has 1 heterocycles. The van der Waals surface area contributed by atoms with Crippen molar-refractivity contribution in [3.63, 3.8) is 0 Å². The highest BCUT2D eigenvalue weighted by atomic mass is 16.5. The van der Waals surface area contributed by atoms with Crippen LogP contribution in [-0.4, -0.2) is 26.2 Å². The standard InChI is InChI=1S/C17H18O6/c1-11-15(17(19)21-3)9-14(23-11)10-22-16(18)8-12-4-6-13(20-2)7-5-12/h4-7,9H,8,10H2,1-3H3. The van der Waals surface area contributed by atoms with E-state index < -0.39 is 5.97 Å². The van der Waals surface area contributed by atoms with Gasteiger partial charge in [0.2, 0.25) is 0 Å². The quantitative estimate of drug-likeness (QED) is 0.762. The maximum atomic E-state index is 11.8. The molecule has 0 aliphatic heterocycles. The van der Waals surface area contributed by atoms with Crippen LogP contribution < -0.4 is 4.74 Å². The van der Waals surface area contributed by atoms with Crippen molar-refractivity contribution in [2.24, 2.45) is 0 Å². The Kier molecular flexibility index (Phi) is 5.41. The highest BCUT2D eigenvalue weighted by Crippen LogP contribution is 2.17. The zero-order valence-corrected chi connectivity index (χ0v) is 13.3. The average molecular weight is 318 g/mol. The van der Waals surface area contributed by atoms with Crippen LogP contribution in [-0.2, 0) is 27.3 Å². The molecule has 122 valence electrons. The van der Waals surface area contributed by atoms with Crippen LogP contribution >= 0.6 is 0 Å². The van der Waals surface area contributed by atoms with Gasteiger partial charge in [0.25, 0.3) is 0 Å². The number of carbonyl (C=O) groups is 2. The van der Waals surface area contributed by atoms with Crippen molar-refractivity contribution in [1.29, 1.82) is 0 Å². The Labute approximate surface area is 134 Å². The van der Waals surface area contributed by atoms with Crippen LogP contribution in [0.4, 0.5) is 0 Å². The van der Waals surface area contributed by atoms with Gasteiger partial charge in [0, 0.05) is 0 Å². The first-order valence-electron chi connectivity index (χ1n) is 6.99. The number of aryl methyl sites for hydroxylation is 1. The molecule has 0 radical (unpaired) electrons. The van der Waals surface area contributed by atoms with Crippen molar-refractivity contribution in [2.75, 3.05) is 14.2 Å². The predicted molar refractivity (Wildman–Crippen MR) is 81.3 cm³/mol. The number of rotatable bonds is 6. The highest BCUT2D eigenvalue weighted by molar-refractivity contribution is 5.90. The third-order valence-corrected chi connectivity index (χ3v) is 3.26. The van der Waals surface area contributed by atoms with E-state index >= 15 is 0 Å². The van der Waals surface area contributed by atoms with E-state index in [4.69, 9.17) is 13.9 Å². The number of hydrogen-bond donors (Lipinski definition) is 0. The first-order valence-corrected chi connectivity index (χ1v) is 6.99. The summed E-state index contributed by atoms with van der Waals surface area (Å²) in [6.07, 6.45) is 0.146. The molecule has 0 aliphatic rings. The summed E-state index contributed by atoms with van der Waals surface area (Å²) in [6, 6.07) is 8.67. The van der Waals surface area contributed by atoms with E-state index in [-0.39, 0.29) is 19.0 Å². The Morgan fingerprint density at radius 2 is 1.83 bits per heavy atom. The van der Waals surface area contributed by atoms with E-state index in [1.165, 1.54) is 13.2 Å². The Bertz CT molecular complexity index is 684. The minimum Gasteiger partial charge on any atom is -0.497 e. The molecule has 0 bridgehead atoms. The van der Waals surface area contributed by atoms with Crippen LogP contribution in [0.5, 0.6) is 5.75 Å². The van der Waals surface area contributed by atoms with Crippen molar-refractivity contribution in [3.05, 3.63) is 53.0 Å². The van der Waals surface area contributed by atoms with Crippen LogP contribution in [0.2, 0.25) is 0 Å². The van der Waals surface area contributed by atoms with Gasteiger partial charge < -0.3 is 18.6 Å². The summed E-state index contributed by atoms with van der Waals surface area (Å²) in [5, 5.41) is 0. The van der Waals surface area contributed by atoms with E-state index in [2.05, 4.69) is 4.74 Å². The average Bonchev–Trinajstić information content (AvgIpc) is 2.94. The Morgan fingerprint density at radius 3 is 2.43 bits per heavy atom. The maximum Gasteiger partial charge on any atom is 0.341 e. The fourth-order valence-corrected chi connectivity index (χ4v) is 2.04. The van der Waals surface area contributed by atoms with Gasteiger partial charge in [0.05, 0.1) is 20.6 Å². The van der Waals surface area contributed by atoms with Crippen molar-refractivity contribution in [3.8, 4) is 5.75 Å². The third-order valence-electron chi connectivity index (χ3n) is 3.26. The molecule has 1 aromatic heterocycles. The van der Waals surface area contributed by atoms with Crippen LogP contribution in [0.15, 0.2) is 34.7 Å². The summed E-state index contributed by atoms with van der Waals surface area (Å²) in [6.45, 7) is 1.61. The topological polar surface area (TPSA) is 75.0 Å². The fraction of sp³-hybridized carbons (Fsp3) is 0.294. The molecular weight excluding hydrogens is 300 g/mol. The molecule has 1 aromatic carbocycles. The Morgan fingerprint density at radius 1 is 1.13 bits per heavy atom. The van der Waals surface area contributed by atoms with Gasteiger partial charge in [-0.15, -0.1) is 0 Å². The Balaban J connectivity index is 1.90. The fourth-order valence-electron chi connectivity index (χ4n) is 2.04. The highest BCUT2D eigenvalue weighted by Gasteiger charge is 2.16. The predicted octanol–water partition coefficient (Wildman–Crippen LogP) is 2.67. The van der Waals surface area contributed by atoms with Crippen LogP contribution in [0.1, 0.15) is 27.4 Å². The monoisotopic (exact) mass is 318 g/mol. The van der Waals surface area contributed by atoms with Gasteiger partial charge in [-0.25, -0.2) is 4.79 Å². The van der Waals surface area contributed by atoms with Gasteiger partial charge in [-0.1, -0.05) is 12.1 Å². The summed E-state index contributed by atoms with van der Waals surface area (Å²) in [5.41, 5.74) is 1.15.